The molecule has 158 valence electrons. The van der Waals surface area contributed by atoms with Crippen LogP contribution in [0.4, 0.5) is 17.1 Å². The third kappa shape index (κ3) is 5.87. The second-order valence-electron chi connectivity index (χ2n) is 6.06. The van der Waals surface area contributed by atoms with Gasteiger partial charge in [0.2, 0.25) is 0 Å². The molecule has 1 aromatic heterocycles. The highest BCUT2D eigenvalue weighted by atomic mass is 35.5. The van der Waals surface area contributed by atoms with Gasteiger partial charge in [-0.2, -0.15) is 0 Å². The van der Waals surface area contributed by atoms with E-state index in [1.807, 2.05) is 0 Å². The molecule has 0 aliphatic rings. The van der Waals surface area contributed by atoms with Crippen molar-refractivity contribution in [3.63, 3.8) is 0 Å². The van der Waals surface area contributed by atoms with E-state index in [9.17, 15) is 24.5 Å². The molecule has 2 amide bonds. The summed E-state index contributed by atoms with van der Waals surface area (Å²) in [6, 6.07) is 13.2. The Labute approximate surface area is 184 Å². The van der Waals surface area contributed by atoms with Crippen LogP contribution in [0.3, 0.4) is 0 Å². The van der Waals surface area contributed by atoms with Crippen LogP contribution in [0.2, 0.25) is 5.02 Å². The Hall–Kier alpha value is -3.76. The molecule has 11 heteroatoms. The molecule has 0 unspecified atom stereocenters. The molecule has 3 rings (SSSR count). The van der Waals surface area contributed by atoms with Crippen LogP contribution >= 0.6 is 22.9 Å². The summed E-state index contributed by atoms with van der Waals surface area (Å²) in [5, 5.41) is 17.7. The van der Waals surface area contributed by atoms with Gasteiger partial charge in [-0.15, -0.1) is 11.3 Å². The minimum Gasteiger partial charge on any atom is -0.452 e. The summed E-state index contributed by atoms with van der Waals surface area (Å²) in [6.07, 6.45) is 0. The van der Waals surface area contributed by atoms with Gasteiger partial charge in [-0.25, -0.2) is 4.79 Å². The van der Waals surface area contributed by atoms with Crippen LogP contribution in [-0.2, 0) is 9.53 Å². The van der Waals surface area contributed by atoms with E-state index in [0.29, 0.717) is 10.6 Å². The zero-order chi connectivity index (χ0) is 22.4. The highest BCUT2D eigenvalue weighted by molar-refractivity contribution is 7.12. The van der Waals surface area contributed by atoms with Gasteiger partial charge in [-0.05, 0) is 47.8 Å². The second-order valence-corrected chi connectivity index (χ2v) is 7.41. The summed E-state index contributed by atoms with van der Waals surface area (Å²) >= 11 is 7.02. The lowest BCUT2D eigenvalue weighted by Gasteiger charge is -2.08. The van der Waals surface area contributed by atoms with E-state index in [-0.39, 0.29) is 27.9 Å². The number of esters is 1. The zero-order valence-electron chi connectivity index (χ0n) is 15.7. The first-order valence-corrected chi connectivity index (χ1v) is 9.95. The van der Waals surface area contributed by atoms with E-state index in [1.165, 1.54) is 47.7 Å². The van der Waals surface area contributed by atoms with E-state index in [2.05, 4.69) is 10.6 Å². The Morgan fingerprint density at radius 3 is 2.39 bits per heavy atom. The average molecular weight is 460 g/mol. The number of nitrogens with zero attached hydrogens (tertiary/aromatic N) is 1. The van der Waals surface area contributed by atoms with Crippen molar-refractivity contribution in [3.8, 4) is 0 Å². The monoisotopic (exact) mass is 459 g/mol. The van der Waals surface area contributed by atoms with Gasteiger partial charge < -0.3 is 15.4 Å². The fourth-order valence-corrected chi connectivity index (χ4v) is 3.24. The van der Waals surface area contributed by atoms with Crippen molar-refractivity contribution in [3.05, 3.63) is 85.6 Å². The molecule has 1 heterocycles. The number of rotatable bonds is 7. The van der Waals surface area contributed by atoms with Crippen LogP contribution in [0.1, 0.15) is 20.0 Å². The summed E-state index contributed by atoms with van der Waals surface area (Å²) in [6.45, 7) is -0.591. The zero-order valence-corrected chi connectivity index (χ0v) is 17.2. The van der Waals surface area contributed by atoms with Gasteiger partial charge in [-0.3, -0.25) is 19.7 Å². The number of nitro groups is 1. The Morgan fingerprint density at radius 1 is 1.03 bits per heavy atom. The molecule has 0 radical (unpaired) electrons. The van der Waals surface area contributed by atoms with Crippen molar-refractivity contribution in [2.45, 2.75) is 0 Å². The van der Waals surface area contributed by atoms with Crippen molar-refractivity contribution in [2.24, 2.45) is 0 Å². The molecule has 0 aliphatic heterocycles. The maximum Gasteiger partial charge on any atom is 0.338 e. The number of halogens is 1. The Balaban J connectivity index is 1.52. The van der Waals surface area contributed by atoms with Crippen molar-refractivity contribution in [2.75, 3.05) is 17.2 Å². The molecule has 2 aromatic carbocycles. The van der Waals surface area contributed by atoms with Gasteiger partial charge in [0.25, 0.3) is 17.5 Å². The number of carbonyl (C=O) groups is 3. The number of hydrogen-bond acceptors (Lipinski definition) is 7. The predicted octanol–water partition coefficient (Wildman–Crippen LogP) is 4.36. The maximum absolute atomic E-state index is 12.1. The topological polar surface area (TPSA) is 128 Å². The SMILES string of the molecule is O=C(COC(=O)c1ccc(NC(=O)c2cccs2)cc1)Nc1ccc(Cl)c([N+](=O)[O-])c1. The molecule has 31 heavy (non-hydrogen) atoms. The molecule has 0 saturated carbocycles. The number of anilines is 2. The van der Waals surface area contributed by atoms with Gasteiger partial charge in [0.05, 0.1) is 15.4 Å². The van der Waals surface area contributed by atoms with Crippen LogP contribution in [0.25, 0.3) is 0 Å². The summed E-state index contributed by atoms with van der Waals surface area (Å²) in [5.74, 6) is -1.68. The lowest BCUT2D eigenvalue weighted by molar-refractivity contribution is -0.384. The number of hydrogen-bond donors (Lipinski definition) is 2. The quantitative estimate of drug-likeness (QED) is 0.307. The van der Waals surface area contributed by atoms with Gasteiger partial charge in [0.1, 0.15) is 5.02 Å². The fourth-order valence-electron chi connectivity index (χ4n) is 2.43. The molecule has 2 N–H and O–H groups in total. The molecular weight excluding hydrogens is 446 g/mol. The number of carbonyl (C=O) groups excluding carboxylic acids is 3. The normalized spacial score (nSPS) is 10.2. The highest BCUT2D eigenvalue weighted by Crippen LogP contribution is 2.27. The van der Waals surface area contributed by atoms with Crippen molar-refractivity contribution in [1.29, 1.82) is 0 Å². The number of ether oxygens (including phenoxy) is 1. The number of thiophene rings is 1. The van der Waals surface area contributed by atoms with E-state index in [0.717, 1.165) is 6.07 Å². The Bertz CT molecular complexity index is 1130. The van der Waals surface area contributed by atoms with Crippen molar-refractivity contribution in [1.82, 2.24) is 0 Å². The first-order chi connectivity index (χ1) is 14.8. The first kappa shape index (κ1) is 21.9. The Morgan fingerprint density at radius 2 is 1.74 bits per heavy atom. The Kier molecular flexibility index (Phi) is 6.96. The second kappa shape index (κ2) is 9.83. The van der Waals surface area contributed by atoms with Crippen LogP contribution < -0.4 is 10.6 Å². The molecule has 0 aliphatic carbocycles. The molecular formula is C20H14ClN3O6S. The minimum atomic E-state index is -0.742. The van der Waals surface area contributed by atoms with Crippen LogP contribution in [-0.4, -0.2) is 29.3 Å². The number of nitrogens with one attached hydrogen (secondary N) is 2. The smallest absolute Gasteiger partial charge is 0.338 e. The first-order valence-electron chi connectivity index (χ1n) is 8.69. The fraction of sp³-hybridized carbons (Fsp3) is 0.0500. The van der Waals surface area contributed by atoms with Gasteiger partial charge in [-0.1, -0.05) is 17.7 Å². The molecule has 0 bridgehead atoms. The van der Waals surface area contributed by atoms with Crippen LogP contribution in [0.5, 0.6) is 0 Å². The number of amides is 2. The summed E-state index contributed by atoms with van der Waals surface area (Å²) in [4.78, 5) is 46.9. The summed E-state index contributed by atoms with van der Waals surface area (Å²) < 4.78 is 4.95. The standard InChI is InChI=1S/C20H14ClN3O6S/c21-15-8-7-14(10-16(15)24(28)29)22-18(25)11-30-20(27)12-3-5-13(6-4-12)23-19(26)17-2-1-9-31-17/h1-10H,11H2,(H,22,25)(H,23,26). The van der Waals surface area contributed by atoms with Gasteiger partial charge in [0, 0.05) is 17.4 Å². The highest BCUT2D eigenvalue weighted by Gasteiger charge is 2.15. The average Bonchev–Trinajstić information content (AvgIpc) is 3.29. The van der Waals surface area contributed by atoms with Gasteiger partial charge in [0.15, 0.2) is 6.61 Å². The lowest BCUT2D eigenvalue weighted by Crippen LogP contribution is -2.21. The molecule has 0 spiro atoms. The van der Waals surface area contributed by atoms with E-state index < -0.39 is 23.4 Å². The van der Waals surface area contributed by atoms with Crippen molar-refractivity contribution >= 4 is 57.8 Å². The van der Waals surface area contributed by atoms with Crippen molar-refractivity contribution < 1.29 is 24.0 Å². The summed E-state index contributed by atoms with van der Waals surface area (Å²) in [7, 11) is 0. The van der Waals surface area contributed by atoms with E-state index in [4.69, 9.17) is 16.3 Å². The van der Waals surface area contributed by atoms with E-state index in [1.54, 1.807) is 17.5 Å². The number of nitro benzene ring substituents is 1. The molecule has 0 saturated heterocycles. The minimum absolute atomic E-state index is 0.0653. The molecule has 3 aromatic rings. The van der Waals surface area contributed by atoms with Crippen LogP contribution in [0, 0.1) is 10.1 Å². The third-order valence-electron chi connectivity index (χ3n) is 3.88. The lowest BCUT2D eigenvalue weighted by atomic mass is 10.2. The molecule has 0 atom stereocenters. The van der Waals surface area contributed by atoms with E-state index >= 15 is 0 Å². The largest absolute Gasteiger partial charge is 0.452 e. The third-order valence-corrected chi connectivity index (χ3v) is 5.07. The van der Waals surface area contributed by atoms with Crippen LogP contribution in [0.15, 0.2) is 60.0 Å². The summed E-state index contributed by atoms with van der Waals surface area (Å²) in [5.41, 5.74) is 0.465. The predicted molar refractivity (Wildman–Crippen MR) is 116 cm³/mol. The van der Waals surface area contributed by atoms with Gasteiger partial charge >= 0.3 is 5.97 Å². The molecule has 0 fully saturated rings. The number of benzene rings is 2. The molecule has 9 nitrogen and oxygen atoms in total. The maximum atomic E-state index is 12.1.